The van der Waals surface area contributed by atoms with Gasteiger partial charge in [-0.1, -0.05) is 0 Å². The summed E-state index contributed by atoms with van der Waals surface area (Å²) in [4.78, 5) is 13.7. The lowest BCUT2D eigenvalue weighted by atomic mass is 9.99. The SMILES string of the molecule is N#Cc1cc(F)ccc1NC(=O)N1CCCC(CO)C1. The molecule has 106 valence electrons. The van der Waals surface area contributed by atoms with Gasteiger partial charge >= 0.3 is 6.03 Å². The number of nitrogens with zero attached hydrogens (tertiary/aromatic N) is 2. The van der Waals surface area contributed by atoms with Crippen molar-refractivity contribution in [2.45, 2.75) is 12.8 Å². The number of halogens is 1. The number of urea groups is 1. The molecule has 1 aliphatic rings. The van der Waals surface area contributed by atoms with E-state index in [0.717, 1.165) is 18.9 Å². The minimum absolute atomic E-state index is 0.0593. The molecule has 2 amide bonds. The third kappa shape index (κ3) is 3.25. The van der Waals surface area contributed by atoms with E-state index in [9.17, 15) is 9.18 Å². The molecule has 1 heterocycles. The molecule has 5 nitrogen and oxygen atoms in total. The van der Waals surface area contributed by atoms with Crippen LogP contribution in [0.25, 0.3) is 0 Å². The van der Waals surface area contributed by atoms with Crippen LogP contribution in [0, 0.1) is 23.1 Å². The van der Waals surface area contributed by atoms with Gasteiger partial charge in [0.2, 0.25) is 0 Å². The molecule has 1 fully saturated rings. The van der Waals surface area contributed by atoms with Gasteiger partial charge in [-0.05, 0) is 37.0 Å². The van der Waals surface area contributed by atoms with Crippen molar-refractivity contribution in [3.8, 4) is 6.07 Å². The third-order valence-electron chi connectivity index (χ3n) is 3.41. The van der Waals surface area contributed by atoms with Crippen LogP contribution in [0.1, 0.15) is 18.4 Å². The Morgan fingerprint density at radius 2 is 2.40 bits per heavy atom. The molecule has 2 N–H and O–H groups in total. The van der Waals surface area contributed by atoms with Gasteiger partial charge < -0.3 is 15.3 Å². The Morgan fingerprint density at radius 1 is 1.60 bits per heavy atom. The van der Waals surface area contributed by atoms with Crippen molar-refractivity contribution in [3.05, 3.63) is 29.6 Å². The summed E-state index contributed by atoms with van der Waals surface area (Å²) < 4.78 is 13.0. The Hall–Kier alpha value is -2.13. The predicted molar refractivity (Wildman–Crippen MR) is 71.5 cm³/mol. The van der Waals surface area contributed by atoms with E-state index in [1.165, 1.54) is 12.1 Å². The smallest absolute Gasteiger partial charge is 0.321 e. The monoisotopic (exact) mass is 277 g/mol. The number of carbonyl (C=O) groups excluding carboxylic acids is 1. The fraction of sp³-hybridized carbons (Fsp3) is 0.429. The number of rotatable bonds is 2. The standard InChI is InChI=1S/C14H16FN3O2/c15-12-3-4-13(11(6-12)7-16)17-14(20)18-5-1-2-10(8-18)9-19/h3-4,6,10,19H,1-2,5,8-9H2,(H,17,20). The molecule has 0 aromatic heterocycles. The Labute approximate surface area is 116 Å². The summed E-state index contributed by atoms with van der Waals surface area (Å²) in [7, 11) is 0. The third-order valence-corrected chi connectivity index (χ3v) is 3.41. The molecule has 6 heteroatoms. The number of hydrogen-bond acceptors (Lipinski definition) is 3. The van der Waals surface area contributed by atoms with Gasteiger partial charge in [-0.2, -0.15) is 5.26 Å². The minimum Gasteiger partial charge on any atom is -0.396 e. The van der Waals surface area contributed by atoms with Crippen LogP contribution in [-0.4, -0.2) is 35.7 Å². The number of piperidine rings is 1. The molecule has 0 saturated carbocycles. The van der Waals surface area contributed by atoms with Crippen molar-refractivity contribution >= 4 is 11.7 Å². The molecule has 1 atom stereocenters. The van der Waals surface area contributed by atoms with Crippen LogP contribution in [0.4, 0.5) is 14.9 Å². The van der Waals surface area contributed by atoms with E-state index in [1.807, 2.05) is 6.07 Å². The van der Waals surface area contributed by atoms with Crippen LogP contribution in [0.5, 0.6) is 0 Å². The highest BCUT2D eigenvalue weighted by Crippen LogP contribution is 2.19. The van der Waals surface area contributed by atoms with Gasteiger partial charge in [-0.15, -0.1) is 0 Å². The molecule has 0 bridgehead atoms. The van der Waals surface area contributed by atoms with E-state index in [0.29, 0.717) is 18.8 Å². The predicted octanol–water partition coefficient (Wildman–Crippen LogP) is 1.93. The van der Waals surface area contributed by atoms with Gasteiger partial charge in [0, 0.05) is 19.7 Å². The first-order valence-corrected chi connectivity index (χ1v) is 6.50. The largest absolute Gasteiger partial charge is 0.396 e. The molecular formula is C14H16FN3O2. The second kappa shape index (κ2) is 6.35. The lowest BCUT2D eigenvalue weighted by Gasteiger charge is -2.31. The van der Waals surface area contributed by atoms with Crippen molar-refractivity contribution in [1.82, 2.24) is 4.90 Å². The maximum absolute atomic E-state index is 13.0. The number of likely N-dealkylation sites (tertiary alicyclic amines) is 1. The van der Waals surface area contributed by atoms with Gasteiger partial charge in [0.15, 0.2) is 0 Å². The van der Waals surface area contributed by atoms with E-state index in [-0.39, 0.29) is 24.1 Å². The fourth-order valence-electron chi connectivity index (χ4n) is 2.31. The number of benzene rings is 1. The number of nitriles is 1. The lowest BCUT2D eigenvalue weighted by Crippen LogP contribution is -2.43. The summed E-state index contributed by atoms with van der Waals surface area (Å²) in [5, 5.41) is 20.7. The highest BCUT2D eigenvalue weighted by molar-refractivity contribution is 5.90. The number of anilines is 1. The Balaban J connectivity index is 2.06. The average Bonchev–Trinajstić information content (AvgIpc) is 2.49. The van der Waals surface area contributed by atoms with Crippen LogP contribution in [0.15, 0.2) is 18.2 Å². The number of amides is 2. The normalized spacial score (nSPS) is 18.4. The molecule has 20 heavy (non-hydrogen) atoms. The number of aliphatic hydroxyl groups excluding tert-OH is 1. The summed E-state index contributed by atoms with van der Waals surface area (Å²) in [6.07, 6.45) is 1.74. The summed E-state index contributed by atoms with van der Waals surface area (Å²) in [6, 6.07) is 5.18. The summed E-state index contributed by atoms with van der Waals surface area (Å²) >= 11 is 0. The Kier molecular flexibility index (Phi) is 4.53. The zero-order valence-electron chi connectivity index (χ0n) is 11.0. The van der Waals surface area contributed by atoms with Crippen molar-refractivity contribution in [2.24, 2.45) is 5.92 Å². The van der Waals surface area contributed by atoms with Crippen molar-refractivity contribution in [2.75, 3.05) is 25.0 Å². The van der Waals surface area contributed by atoms with Crippen molar-refractivity contribution in [1.29, 1.82) is 5.26 Å². The maximum Gasteiger partial charge on any atom is 0.321 e. The molecule has 1 unspecified atom stereocenters. The first-order chi connectivity index (χ1) is 9.63. The minimum atomic E-state index is -0.516. The zero-order chi connectivity index (χ0) is 14.5. The molecular weight excluding hydrogens is 261 g/mol. The molecule has 0 radical (unpaired) electrons. The Morgan fingerprint density at radius 3 is 3.10 bits per heavy atom. The maximum atomic E-state index is 13.0. The summed E-state index contributed by atoms with van der Waals surface area (Å²) in [5.41, 5.74) is 0.388. The van der Waals surface area contributed by atoms with Gasteiger partial charge in [-0.25, -0.2) is 9.18 Å². The summed E-state index contributed by atoms with van der Waals surface area (Å²) in [6.45, 7) is 1.17. The van der Waals surface area contributed by atoms with E-state index in [1.54, 1.807) is 4.90 Å². The quantitative estimate of drug-likeness (QED) is 0.867. The van der Waals surface area contributed by atoms with E-state index in [2.05, 4.69) is 5.32 Å². The molecule has 1 aromatic carbocycles. The second-order valence-corrected chi connectivity index (χ2v) is 4.87. The Bertz CT molecular complexity index is 542. The lowest BCUT2D eigenvalue weighted by molar-refractivity contribution is 0.136. The van der Waals surface area contributed by atoms with Crippen molar-refractivity contribution < 1.29 is 14.3 Å². The number of carbonyl (C=O) groups is 1. The van der Waals surface area contributed by atoms with E-state index >= 15 is 0 Å². The van der Waals surface area contributed by atoms with Crippen LogP contribution in [0.2, 0.25) is 0 Å². The van der Waals surface area contributed by atoms with Crippen LogP contribution < -0.4 is 5.32 Å². The molecule has 1 aromatic rings. The first kappa shape index (κ1) is 14.3. The van der Waals surface area contributed by atoms with Gasteiger partial charge in [0.05, 0.1) is 11.3 Å². The molecule has 2 rings (SSSR count). The zero-order valence-corrected chi connectivity index (χ0v) is 11.0. The van der Waals surface area contributed by atoms with Crippen LogP contribution in [-0.2, 0) is 0 Å². The molecule has 1 saturated heterocycles. The second-order valence-electron chi connectivity index (χ2n) is 4.87. The molecule has 0 aliphatic carbocycles. The number of aliphatic hydroxyl groups is 1. The van der Waals surface area contributed by atoms with E-state index < -0.39 is 5.82 Å². The molecule has 1 aliphatic heterocycles. The van der Waals surface area contributed by atoms with E-state index in [4.69, 9.17) is 10.4 Å². The molecule has 0 spiro atoms. The highest BCUT2D eigenvalue weighted by Gasteiger charge is 2.23. The van der Waals surface area contributed by atoms with Crippen LogP contribution >= 0.6 is 0 Å². The average molecular weight is 277 g/mol. The van der Waals surface area contributed by atoms with Gasteiger partial charge in [0.1, 0.15) is 11.9 Å². The number of nitrogens with one attached hydrogen (secondary N) is 1. The topological polar surface area (TPSA) is 76.4 Å². The van der Waals surface area contributed by atoms with Gasteiger partial charge in [-0.3, -0.25) is 0 Å². The van der Waals surface area contributed by atoms with Crippen molar-refractivity contribution in [3.63, 3.8) is 0 Å². The van der Waals surface area contributed by atoms with Crippen LogP contribution in [0.3, 0.4) is 0 Å². The first-order valence-electron chi connectivity index (χ1n) is 6.50. The summed E-state index contributed by atoms with van der Waals surface area (Å²) in [5.74, 6) is -0.420. The fourth-order valence-corrected chi connectivity index (χ4v) is 2.31. The highest BCUT2D eigenvalue weighted by atomic mass is 19.1. The number of hydrogen-bond donors (Lipinski definition) is 2. The van der Waals surface area contributed by atoms with Gasteiger partial charge in [0.25, 0.3) is 0 Å².